The van der Waals surface area contributed by atoms with Gasteiger partial charge in [-0.2, -0.15) is 0 Å². The van der Waals surface area contributed by atoms with E-state index in [1.807, 2.05) is 44.3 Å². The number of hydrogen-bond donors (Lipinski definition) is 1. The maximum absolute atomic E-state index is 13.8. The Balaban J connectivity index is 1.87. The second-order valence-electron chi connectivity index (χ2n) is 5.53. The van der Waals surface area contributed by atoms with E-state index < -0.39 is 0 Å². The summed E-state index contributed by atoms with van der Waals surface area (Å²) in [4.78, 5) is 2.19. The Hall–Kier alpha value is -1.87. The first-order valence-corrected chi connectivity index (χ1v) is 7.37. The zero-order valence-electron chi connectivity index (χ0n) is 12.7. The molecule has 21 heavy (non-hydrogen) atoms. The van der Waals surface area contributed by atoms with Crippen molar-refractivity contribution in [2.45, 2.75) is 25.8 Å². The minimum Gasteiger partial charge on any atom is -0.399 e. The van der Waals surface area contributed by atoms with Crippen molar-refractivity contribution in [1.82, 2.24) is 4.90 Å². The van der Waals surface area contributed by atoms with E-state index in [4.69, 9.17) is 5.73 Å². The quantitative estimate of drug-likeness (QED) is 0.812. The Morgan fingerprint density at radius 2 is 1.90 bits per heavy atom. The van der Waals surface area contributed by atoms with Crippen LogP contribution in [0.2, 0.25) is 0 Å². The van der Waals surface area contributed by atoms with E-state index >= 15 is 0 Å². The molecule has 1 unspecified atom stereocenters. The average Bonchev–Trinajstić information content (AvgIpc) is 2.47. The monoisotopic (exact) mass is 286 g/mol. The predicted molar refractivity (Wildman–Crippen MR) is 86.6 cm³/mol. The molecule has 2 nitrogen and oxygen atoms in total. The first-order chi connectivity index (χ1) is 10.1. The van der Waals surface area contributed by atoms with Crippen molar-refractivity contribution >= 4 is 5.69 Å². The van der Waals surface area contributed by atoms with Gasteiger partial charge in [-0.05, 0) is 57.1 Å². The fourth-order valence-electron chi connectivity index (χ4n) is 2.53. The van der Waals surface area contributed by atoms with E-state index in [1.165, 1.54) is 11.6 Å². The third-order valence-corrected chi connectivity index (χ3v) is 3.94. The van der Waals surface area contributed by atoms with Gasteiger partial charge in [-0.15, -0.1) is 0 Å². The van der Waals surface area contributed by atoms with E-state index in [0.29, 0.717) is 0 Å². The Kier molecular flexibility index (Phi) is 5.34. The first kappa shape index (κ1) is 15.5. The van der Waals surface area contributed by atoms with Gasteiger partial charge in [-0.25, -0.2) is 4.39 Å². The summed E-state index contributed by atoms with van der Waals surface area (Å²) >= 11 is 0. The van der Waals surface area contributed by atoms with Crippen molar-refractivity contribution in [1.29, 1.82) is 0 Å². The molecule has 0 fully saturated rings. The molecule has 2 rings (SSSR count). The van der Waals surface area contributed by atoms with Crippen LogP contribution >= 0.6 is 0 Å². The van der Waals surface area contributed by atoms with Crippen LogP contribution in [-0.2, 0) is 6.42 Å². The highest BCUT2D eigenvalue weighted by Gasteiger charge is 2.14. The van der Waals surface area contributed by atoms with Crippen LogP contribution in [0.25, 0.3) is 0 Å². The normalized spacial score (nSPS) is 12.6. The van der Waals surface area contributed by atoms with Crippen LogP contribution in [0.3, 0.4) is 0 Å². The number of rotatable bonds is 6. The number of nitrogen functional groups attached to an aromatic ring is 1. The summed E-state index contributed by atoms with van der Waals surface area (Å²) < 4.78 is 13.8. The molecule has 0 aliphatic rings. The number of hydrogen-bond acceptors (Lipinski definition) is 2. The van der Waals surface area contributed by atoms with Crippen LogP contribution in [0, 0.1) is 5.82 Å². The summed E-state index contributed by atoms with van der Waals surface area (Å²) in [6, 6.07) is 15.1. The van der Waals surface area contributed by atoms with Gasteiger partial charge < -0.3 is 5.73 Å². The average molecular weight is 286 g/mol. The van der Waals surface area contributed by atoms with Gasteiger partial charge in [0.2, 0.25) is 0 Å². The van der Waals surface area contributed by atoms with Crippen LogP contribution < -0.4 is 5.73 Å². The van der Waals surface area contributed by atoms with Crippen molar-refractivity contribution in [3.63, 3.8) is 0 Å². The topological polar surface area (TPSA) is 29.3 Å². The van der Waals surface area contributed by atoms with Gasteiger partial charge in [0.25, 0.3) is 0 Å². The summed E-state index contributed by atoms with van der Waals surface area (Å²) in [5, 5.41) is 0. The molecule has 0 aliphatic heterocycles. The van der Waals surface area contributed by atoms with Gasteiger partial charge in [-0.1, -0.05) is 30.3 Å². The molecular weight excluding hydrogens is 263 g/mol. The van der Waals surface area contributed by atoms with E-state index in [0.717, 1.165) is 30.6 Å². The Morgan fingerprint density at radius 1 is 1.14 bits per heavy atom. The fraction of sp³-hybridized carbons (Fsp3) is 0.333. The molecule has 3 heteroatoms. The van der Waals surface area contributed by atoms with Crippen LogP contribution in [0.5, 0.6) is 0 Å². The molecule has 112 valence electrons. The molecule has 2 aromatic carbocycles. The highest BCUT2D eigenvalue weighted by atomic mass is 19.1. The van der Waals surface area contributed by atoms with Crippen LogP contribution in [0.1, 0.15) is 30.5 Å². The zero-order valence-corrected chi connectivity index (χ0v) is 12.7. The number of nitrogens with zero attached hydrogens (tertiary/aromatic N) is 1. The highest BCUT2D eigenvalue weighted by Crippen LogP contribution is 2.21. The van der Waals surface area contributed by atoms with E-state index in [1.54, 1.807) is 6.07 Å². The predicted octanol–water partition coefficient (Wildman–Crippen LogP) is 4.03. The van der Waals surface area contributed by atoms with E-state index in [9.17, 15) is 4.39 Å². The van der Waals surface area contributed by atoms with Crippen LogP contribution in [0.15, 0.2) is 48.5 Å². The molecule has 0 saturated heterocycles. The fourth-order valence-corrected chi connectivity index (χ4v) is 2.53. The summed E-state index contributed by atoms with van der Waals surface area (Å²) in [5.41, 5.74) is 8.59. The number of nitrogens with two attached hydrogens (primary N) is 1. The minimum absolute atomic E-state index is 0.0760. The van der Waals surface area contributed by atoms with Gasteiger partial charge in [0, 0.05) is 17.3 Å². The second-order valence-corrected chi connectivity index (χ2v) is 5.53. The van der Waals surface area contributed by atoms with Crippen molar-refractivity contribution in [3.8, 4) is 0 Å². The van der Waals surface area contributed by atoms with E-state index in [2.05, 4.69) is 11.0 Å². The van der Waals surface area contributed by atoms with Gasteiger partial charge in [0.05, 0.1) is 0 Å². The lowest BCUT2D eigenvalue weighted by Gasteiger charge is -2.25. The molecule has 0 heterocycles. The smallest absolute Gasteiger partial charge is 0.127 e. The summed E-state index contributed by atoms with van der Waals surface area (Å²) in [6.45, 7) is 2.96. The van der Waals surface area contributed by atoms with Crippen LogP contribution in [0.4, 0.5) is 10.1 Å². The second kappa shape index (κ2) is 7.23. The molecule has 0 bridgehead atoms. The Morgan fingerprint density at radius 3 is 2.62 bits per heavy atom. The third-order valence-electron chi connectivity index (χ3n) is 3.94. The number of halogens is 1. The van der Waals surface area contributed by atoms with Gasteiger partial charge in [-0.3, -0.25) is 4.90 Å². The molecule has 0 amide bonds. The molecule has 0 aliphatic carbocycles. The zero-order chi connectivity index (χ0) is 15.2. The molecule has 0 aromatic heterocycles. The third kappa shape index (κ3) is 4.30. The lowest BCUT2D eigenvalue weighted by atomic mass is 10.1. The SMILES string of the molecule is CC(c1ccccc1F)N(C)CCCc1cccc(N)c1. The Labute approximate surface area is 126 Å². The largest absolute Gasteiger partial charge is 0.399 e. The lowest BCUT2D eigenvalue weighted by molar-refractivity contribution is 0.253. The maximum atomic E-state index is 13.8. The molecule has 0 saturated carbocycles. The summed E-state index contributed by atoms with van der Waals surface area (Å²) in [5.74, 6) is -0.132. The standard InChI is InChI=1S/C18H23FN2/c1-14(17-10-3-4-11-18(17)19)21(2)12-6-8-15-7-5-9-16(20)13-15/h3-5,7,9-11,13-14H,6,8,12,20H2,1-2H3. The summed E-state index contributed by atoms with van der Waals surface area (Å²) in [7, 11) is 2.04. The highest BCUT2D eigenvalue weighted by molar-refractivity contribution is 5.40. The lowest BCUT2D eigenvalue weighted by Crippen LogP contribution is -2.24. The van der Waals surface area contributed by atoms with Crippen molar-refractivity contribution in [2.75, 3.05) is 19.3 Å². The van der Waals surface area contributed by atoms with E-state index in [-0.39, 0.29) is 11.9 Å². The van der Waals surface area contributed by atoms with Gasteiger partial charge in [0.15, 0.2) is 0 Å². The molecular formula is C18H23FN2. The number of benzene rings is 2. The van der Waals surface area contributed by atoms with Crippen molar-refractivity contribution in [3.05, 3.63) is 65.5 Å². The first-order valence-electron chi connectivity index (χ1n) is 7.37. The van der Waals surface area contributed by atoms with Crippen molar-refractivity contribution < 1.29 is 4.39 Å². The van der Waals surface area contributed by atoms with Gasteiger partial charge >= 0.3 is 0 Å². The molecule has 0 spiro atoms. The van der Waals surface area contributed by atoms with Crippen LogP contribution in [-0.4, -0.2) is 18.5 Å². The molecule has 0 radical (unpaired) electrons. The Bertz CT molecular complexity index is 583. The minimum atomic E-state index is -0.132. The number of anilines is 1. The van der Waals surface area contributed by atoms with Gasteiger partial charge in [0.1, 0.15) is 5.82 Å². The maximum Gasteiger partial charge on any atom is 0.127 e. The number of aryl methyl sites for hydroxylation is 1. The summed E-state index contributed by atoms with van der Waals surface area (Å²) in [6.07, 6.45) is 2.01. The molecule has 2 aromatic rings. The molecule has 1 atom stereocenters. The van der Waals surface area contributed by atoms with Crippen molar-refractivity contribution in [2.24, 2.45) is 0 Å². The molecule has 2 N–H and O–H groups in total.